The van der Waals surface area contributed by atoms with Crippen LogP contribution in [-0.4, -0.2) is 91.4 Å². The zero-order chi connectivity index (χ0) is 18.0. The minimum absolute atomic E-state index is 0.0302. The maximum absolute atomic E-state index is 12.5. The van der Waals surface area contributed by atoms with Crippen molar-refractivity contribution >= 4 is 21.6 Å². The van der Waals surface area contributed by atoms with Crippen molar-refractivity contribution in [1.82, 2.24) is 19.8 Å². The minimum Gasteiger partial charge on any atom is -0.353 e. The topological polar surface area (TPSA) is 86.7 Å². The molecule has 1 atom stereocenters. The molecule has 0 spiro atoms. The Hall–Kier alpha value is -1.74. The van der Waals surface area contributed by atoms with Gasteiger partial charge in [-0.1, -0.05) is 6.92 Å². The smallest absolute Gasteiger partial charge is 0.274 e. The molecule has 2 fully saturated rings. The first kappa shape index (κ1) is 18.1. The van der Waals surface area contributed by atoms with Gasteiger partial charge >= 0.3 is 0 Å². The standard InChI is InChI=1S/C16H25N5O3S/c1-3-20-5-7-21(8-6-20)15-11-17-14(10-18-15)16(22)19(2)13-4-9-25(23,24)12-13/h10-11,13H,3-9,12H2,1-2H3. The number of carbonyl (C=O) groups is 1. The van der Waals surface area contributed by atoms with Crippen LogP contribution in [0.2, 0.25) is 0 Å². The molecule has 3 rings (SSSR count). The van der Waals surface area contributed by atoms with Crippen LogP contribution in [0.3, 0.4) is 0 Å². The maximum atomic E-state index is 12.5. The van der Waals surface area contributed by atoms with E-state index >= 15 is 0 Å². The van der Waals surface area contributed by atoms with Crippen LogP contribution in [0.1, 0.15) is 23.8 Å². The minimum atomic E-state index is -3.02. The number of anilines is 1. The Bertz CT molecular complexity index is 714. The van der Waals surface area contributed by atoms with E-state index in [2.05, 4.69) is 26.7 Å². The fraction of sp³-hybridized carbons (Fsp3) is 0.688. The molecule has 1 aromatic heterocycles. The molecule has 2 aliphatic rings. The molecule has 2 saturated heterocycles. The number of carbonyl (C=O) groups excluding carboxylic acids is 1. The third-order valence-corrected chi connectivity index (χ3v) is 6.83. The van der Waals surface area contributed by atoms with Crippen molar-refractivity contribution < 1.29 is 13.2 Å². The second kappa shape index (κ2) is 7.25. The summed E-state index contributed by atoms with van der Waals surface area (Å²) in [6.07, 6.45) is 3.61. The highest BCUT2D eigenvalue weighted by Crippen LogP contribution is 2.18. The molecule has 1 aromatic rings. The van der Waals surface area contributed by atoms with E-state index in [9.17, 15) is 13.2 Å². The van der Waals surface area contributed by atoms with E-state index in [1.807, 2.05) is 0 Å². The number of amides is 1. The summed E-state index contributed by atoms with van der Waals surface area (Å²) in [5, 5.41) is 0. The van der Waals surface area contributed by atoms with Gasteiger partial charge in [0.25, 0.3) is 5.91 Å². The van der Waals surface area contributed by atoms with Crippen molar-refractivity contribution in [3.05, 3.63) is 18.1 Å². The molecule has 2 aliphatic heterocycles. The summed E-state index contributed by atoms with van der Waals surface area (Å²) in [4.78, 5) is 27.2. The molecule has 0 aromatic carbocycles. The van der Waals surface area contributed by atoms with Gasteiger partial charge in [0.2, 0.25) is 0 Å². The molecule has 25 heavy (non-hydrogen) atoms. The Morgan fingerprint density at radius 1 is 1.24 bits per heavy atom. The van der Waals surface area contributed by atoms with Crippen molar-refractivity contribution in [3.63, 3.8) is 0 Å². The first-order valence-electron chi connectivity index (χ1n) is 8.66. The molecule has 0 N–H and O–H groups in total. The lowest BCUT2D eigenvalue weighted by Gasteiger charge is -2.34. The normalized spacial score (nSPS) is 23.6. The average Bonchev–Trinajstić information content (AvgIpc) is 3.00. The van der Waals surface area contributed by atoms with E-state index in [4.69, 9.17) is 0 Å². The summed E-state index contributed by atoms with van der Waals surface area (Å²) in [6, 6.07) is -0.277. The third kappa shape index (κ3) is 4.09. The van der Waals surface area contributed by atoms with Crippen LogP contribution in [0.5, 0.6) is 0 Å². The molecule has 3 heterocycles. The van der Waals surface area contributed by atoms with Crippen molar-refractivity contribution in [2.75, 3.05) is 56.2 Å². The molecule has 138 valence electrons. The third-order valence-electron chi connectivity index (χ3n) is 5.08. The summed E-state index contributed by atoms with van der Waals surface area (Å²) in [5.41, 5.74) is 0.253. The van der Waals surface area contributed by atoms with Gasteiger partial charge in [0.05, 0.1) is 23.9 Å². The van der Waals surface area contributed by atoms with Crippen molar-refractivity contribution in [1.29, 1.82) is 0 Å². The lowest BCUT2D eigenvalue weighted by Crippen LogP contribution is -2.46. The second-order valence-electron chi connectivity index (χ2n) is 6.65. The van der Waals surface area contributed by atoms with Gasteiger partial charge in [-0.25, -0.2) is 18.4 Å². The largest absolute Gasteiger partial charge is 0.353 e. The van der Waals surface area contributed by atoms with Crippen LogP contribution in [-0.2, 0) is 9.84 Å². The van der Waals surface area contributed by atoms with E-state index in [0.29, 0.717) is 6.42 Å². The Kier molecular flexibility index (Phi) is 5.24. The fourth-order valence-corrected chi connectivity index (χ4v) is 5.09. The Labute approximate surface area is 148 Å². The van der Waals surface area contributed by atoms with Crippen LogP contribution in [0, 0.1) is 0 Å². The maximum Gasteiger partial charge on any atom is 0.274 e. The number of hydrogen-bond donors (Lipinski definition) is 0. The van der Waals surface area contributed by atoms with E-state index in [-0.39, 0.29) is 29.1 Å². The van der Waals surface area contributed by atoms with Crippen LogP contribution < -0.4 is 4.90 Å². The van der Waals surface area contributed by atoms with E-state index in [0.717, 1.165) is 38.5 Å². The van der Waals surface area contributed by atoms with Crippen LogP contribution >= 0.6 is 0 Å². The number of rotatable bonds is 4. The van der Waals surface area contributed by atoms with Gasteiger partial charge in [0.15, 0.2) is 9.84 Å². The summed E-state index contributed by atoms with van der Waals surface area (Å²) in [7, 11) is -1.39. The van der Waals surface area contributed by atoms with Crippen molar-refractivity contribution in [2.45, 2.75) is 19.4 Å². The van der Waals surface area contributed by atoms with Gasteiger partial charge in [-0.15, -0.1) is 0 Å². The van der Waals surface area contributed by atoms with Gasteiger partial charge < -0.3 is 14.7 Å². The lowest BCUT2D eigenvalue weighted by atomic mass is 10.2. The SMILES string of the molecule is CCN1CCN(c2cnc(C(=O)N(C)C3CCS(=O)(=O)C3)cn2)CC1. The molecule has 9 heteroatoms. The molecule has 0 saturated carbocycles. The summed E-state index contributed by atoms with van der Waals surface area (Å²) in [5.74, 6) is 0.668. The molecule has 8 nitrogen and oxygen atoms in total. The van der Waals surface area contributed by atoms with Gasteiger partial charge in [-0.2, -0.15) is 0 Å². The summed E-state index contributed by atoms with van der Waals surface area (Å²) >= 11 is 0. The average molecular weight is 367 g/mol. The highest BCUT2D eigenvalue weighted by molar-refractivity contribution is 7.91. The van der Waals surface area contributed by atoms with Crippen molar-refractivity contribution in [3.8, 4) is 0 Å². The second-order valence-corrected chi connectivity index (χ2v) is 8.88. The predicted octanol–water partition coefficient (Wildman–Crippen LogP) is -0.122. The van der Waals surface area contributed by atoms with E-state index in [1.165, 1.54) is 11.1 Å². The Morgan fingerprint density at radius 3 is 2.48 bits per heavy atom. The summed E-state index contributed by atoms with van der Waals surface area (Å²) < 4.78 is 23.2. The number of likely N-dealkylation sites (N-methyl/N-ethyl adjacent to an activating group) is 1. The highest BCUT2D eigenvalue weighted by Gasteiger charge is 2.33. The quantitative estimate of drug-likeness (QED) is 0.733. The molecular weight excluding hydrogens is 342 g/mol. The molecule has 0 bridgehead atoms. The van der Waals surface area contributed by atoms with Crippen LogP contribution in [0.15, 0.2) is 12.4 Å². The number of piperazine rings is 1. The van der Waals surface area contributed by atoms with Crippen LogP contribution in [0.4, 0.5) is 5.82 Å². The first-order chi connectivity index (χ1) is 11.9. The molecule has 1 amide bonds. The molecule has 0 aliphatic carbocycles. The Balaban J connectivity index is 1.63. The predicted molar refractivity (Wildman–Crippen MR) is 95.5 cm³/mol. The first-order valence-corrected chi connectivity index (χ1v) is 10.5. The highest BCUT2D eigenvalue weighted by atomic mass is 32.2. The zero-order valence-electron chi connectivity index (χ0n) is 14.8. The Morgan fingerprint density at radius 2 is 1.96 bits per heavy atom. The lowest BCUT2D eigenvalue weighted by molar-refractivity contribution is 0.0741. The number of sulfone groups is 1. The van der Waals surface area contributed by atoms with Gasteiger partial charge in [0, 0.05) is 39.3 Å². The fourth-order valence-electron chi connectivity index (χ4n) is 3.32. The summed E-state index contributed by atoms with van der Waals surface area (Å²) in [6.45, 7) is 7.00. The molecule has 0 radical (unpaired) electrons. The number of hydrogen-bond acceptors (Lipinski definition) is 7. The number of aromatic nitrogens is 2. The van der Waals surface area contributed by atoms with Gasteiger partial charge in [0.1, 0.15) is 11.5 Å². The molecular formula is C16H25N5O3S. The van der Waals surface area contributed by atoms with E-state index < -0.39 is 9.84 Å². The monoisotopic (exact) mass is 367 g/mol. The zero-order valence-corrected chi connectivity index (χ0v) is 15.6. The van der Waals surface area contributed by atoms with Crippen LogP contribution in [0.25, 0.3) is 0 Å². The number of nitrogens with zero attached hydrogens (tertiary/aromatic N) is 5. The van der Waals surface area contributed by atoms with Gasteiger partial charge in [-0.3, -0.25) is 4.79 Å². The van der Waals surface area contributed by atoms with Gasteiger partial charge in [-0.05, 0) is 13.0 Å². The van der Waals surface area contributed by atoms with E-state index in [1.54, 1.807) is 13.2 Å². The molecule has 1 unspecified atom stereocenters. The van der Waals surface area contributed by atoms with Crippen molar-refractivity contribution in [2.24, 2.45) is 0 Å².